The van der Waals surface area contributed by atoms with Crippen LogP contribution in [0.3, 0.4) is 0 Å². The smallest absolute Gasteiger partial charge is 0.0462 e. The van der Waals surface area contributed by atoms with E-state index >= 15 is 0 Å². The van der Waals surface area contributed by atoms with E-state index in [0.29, 0.717) is 0 Å². The van der Waals surface area contributed by atoms with Gasteiger partial charge in [-0.3, -0.25) is 0 Å². The molecule has 1 aliphatic rings. The Kier molecular flexibility index (Phi) is 23.3. The number of fused-ring (bicyclic) bond motifs is 3. The van der Waals surface area contributed by atoms with Crippen LogP contribution >= 0.6 is 0 Å². The summed E-state index contributed by atoms with van der Waals surface area (Å²) in [6, 6.07) is 92.9. The maximum Gasteiger partial charge on any atom is 0.0462 e. The van der Waals surface area contributed by atoms with Gasteiger partial charge in [0.2, 0.25) is 0 Å². The Morgan fingerprint density at radius 3 is 0.832 bits per heavy atom. The zero-order chi connectivity index (χ0) is 66.0. The number of anilines is 6. The molecule has 10 aromatic carbocycles. The Hall–Kier alpha value is -8.20. The van der Waals surface area contributed by atoms with Crippen molar-refractivity contribution in [3.8, 4) is 55.6 Å². The molecule has 95 heavy (non-hydrogen) atoms. The van der Waals surface area contributed by atoms with Crippen LogP contribution in [-0.4, -0.2) is 0 Å². The van der Waals surface area contributed by atoms with Crippen molar-refractivity contribution < 1.29 is 0 Å². The van der Waals surface area contributed by atoms with E-state index in [-0.39, 0.29) is 16.2 Å². The Labute approximate surface area is 574 Å². The molecule has 0 N–H and O–H groups in total. The number of hydrogen-bond donors (Lipinski definition) is 0. The number of rotatable bonds is 34. The number of nitrogens with zero attached hydrogens (tertiary/aromatic N) is 2. The van der Waals surface area contributed by atoms with Crippen molar-refractivity contribution in [2.75, 3.05) is 9.80 Å². The topological polar surface area (TPSA) is 6.48 Å². The third-order valence-corrected chi connectivity index (χ3v) is 22.0. The largest absolute Gasteiger partial charge is 0.311 e. The van der Waals surface area contributed by atoms with Crippen molar-refractivity contribution >= 4 is 34.1 Å². The first-order valence-corrected chi connectivity index (χ1v) is 37.2. The van der Waals surface area contributed by atoms with Crippen molar-refractivity contribution in [1.82, 2.24) is 0 Å². The second kappa shape index (κ2) is 32.5. The Morgan fingerprint density at radius 2 is 0.526 bits per heavy atom. The fourth-order valence-electron chi connectivity index (χ4n) is 15.5. The van der Waals surface area contributed by atoms with Crippen LogP contribution in [0.2, 0.25) is 0 Å². The molecule has 0 saturated carbocycles. The van der Waals surface area contributed by atoms with E-state index in [9.17, 15) is 0 Å². The van der Waals surface area contributed by atoms with Crippen molar-refractivity contribution in [3.05, 3.63) is 265 Å². The minimum Gasteiger partial charge on any atom is -0.311 e. The highest BCUT2D eigenvalue weighted by molar-refractivity contribution is 5.88. The monoisotopic (exact) mass is 1250 g/mol. The second-order valence-corrected chi connectivity index (χ2v) is 28.4. The van der Waals surface area contributed by atoms with Crippen LogP contribution in [0.1, 0.15) is 219 Å². The summed E-state index contributed by atoms with van der Waals surface area (Å²) in [6.45, 7) is 18.9. The molecule has 2 atom stereocenters. The maximum atomic E-state index is 2.64. The first kappa shape index (κ1) is 68.2. The molecule has 0 saturated heterocycles. The first-order chi connectivity index (χ1) is 46.5. The molecule has 0 spiro atoms. The van der Waals surface area contributed by atoms with E-state index in [2.05, 4.69) is 308 Å². The lowest BCUT2D eigenvalue weighted by Crippen LogP contribution is -2.25. The van der Waals surface area contributed by atoms with Crippen LogP contribution < -0.4 is 9.80 Å². The molecule has 2 heteroatoms. The second-order valence-electron chi connectivity index (χ2n) is 28.4. The predicted molar refractivity (Wildman–Crippen MR) is 414 cm³/mol. The third kappa shape index (κ3) is 15.7. The molecular weight excluding hydrogens is 1150 g/mol. The predicted octanol–water partition coefficient (Wildman–Crippen LogP) is 28.8. The normalized spacial score (nSPS) is 13.6. The van der Waals surface area contributed by atoms with Crippen LogP contribution in [-0.2, 0) is 16.2 Å². The summed E-state index contributed by atoms with van der Waals surface area (Å²) in [5.74, 6) is 0. The SMILES string of the molecule is CCCCCCCCC1(CCCCCCCC)c2cc(-c3ccc(N(c4ccc(-c5ccccc5)cc4)c4ccc(C(C)(CC)CCCC)cc4)cc3)ccc2-c2ccc(-c3ccc(N(c4ccc(-c5ccccc5)cc4)c4ccc(C(C)(CC)CCCC)cc4)cc3)cc21. The quantitative estimate of drug-likeness (QED) is 0.0371. The van der Waals surface area contributed by atoms with E-state index < -0.39 is 0 Å². The summed E-state index contributed by atoms with van der Waals surface area (Å²) in [5.41, 5.74) is 26.0. The van der Waals surface area contributed by atoms with Crippen molar-refractivity contribution in [3.63, 3.8) is 0 Å². The summed E-state index contributed by atoms with van der Waals surface area (Å²) < 4.78 is 0. The average Bonchev–Trinajstić information content (AvgIpc) is 1.57. The van der Waals surface area contributed by atoms with E-state index in [4.69, 9.17) is 0 Å². The number of unbranched alkanes of at least 4 members (excludes halogenated alkanes) is 12. The molecule has 0 aromatic heterocycles. The van der Waals surface area contributed by atoms with E-state index in [0.717, 1.165) is 35.6 Å². The molecule has 0 heterocycles. The van der Waals surface area contributed by atoms with Crippen LogP contribution in [0.15, 0.2) is 243 Å². The van der Waals surface area contributed by atoms with Gasteiger partial charge in [-0.25, -0.2) is 0 Å². The molecule has 0 amide bonds. The molecule has 0 fully saturated rings. The molecule has 2 unspecified atom stereocenters. The van der Waals surface area contributed by atoms with Crippen LogP contribution in [0.25, 0.3) is 55.6 Å². The fourth-order valence-corrected chi connectivity index (χ4v) is 15.5. The Balaban J connectivity index is 0.952. The van der Waals surface area contributed by atoms with Crippen LogP contribution in [0.4, 0.5) is 34.1 Å². The van der Waals surface area contributed by atoms with Crippen molar-refractivity contribution in [2.45, 2.75) is 213 Å². The standard InChI is InChI=1S/C93H108N2/c1-9-15-19-21-23-31-67-93(68-32-24-22-20-16-10-2)89-69-77(75-41-55-83(56-42-75)94(81-51-37-73(38-52-81)71-33-27-25-28-34-71)85-59-47-79(48-60-85)91(7,13-5)65-17-11-3)45-63-87(89)88-64-46-78(70-90(88)93)76-43-57-84(58-44-76)95(82-53-39-74(40-54-82)72-35-29-26-30-36-72)86-61-49-80(50-62-86)92(8,14-6)66-18-12-4/h25-30,33-64,69-70H,9-24,31-32,65-68H2,1-8H3. The molecule has 2 nitrogen and oxygen atoms in total. The van der Waals surface area contributed by atoms with Crippen molar-refractivity contribution in [2.24, 2.45) is 0 Å². The summed E-state index contributed by atoms with van der Waals surface area (Å²) in [7, 11) is 0. The summed E-state index contributed by atoms with van der Waals surface area (Å²) in [5, 5.41) is 0. The number of hydrogen-bond acceptors (Lipinski definition) is 2. The molecular formula is C93H108N2. The summed E-state index contributed by atoms with van der Waals surface area (Å²) >= 11 is 0. The minimum absolute atomic E-state index is 0.0926. The van der Waals surface area contributed by atoms with Gasteiger partial charge in [-0.2, -0.15) is 0 Å². The molecule has 11 rings (SSSR count). The van der Waals surface area contributed by atoms with Gasteiger partial charge in [0.05, 0.1) is 0 Å². The Morgan fingerprint density at radius 1 is 0.263 bits per heavy atom. The van der Waals surface area contributed by atoms with Gasteiger partial charge in [-0.1, -0.05) is 316 Å². The van der Waals surface area contributed by atoms with E-state index in [1.54, 1.807) is 0 Å². The van der Waals surface area contributed by atoms with Crippen LogP contribution in [0, 0.1) is 0 Å². The van der Waals surface area contributed by atoms with Gasteiger partial charge < -0.3 is 9.80 Å². The van der Waals surface area contributed by atoms with Gasteiger partial charge in [0.15, 0.2) is 0 Å². The first-order valence-electron chi connectivity index (χ1n) is 37.2. The van der Waals surface area contributed by atoms with E-state index in [1.807, 2.05) is 0 Å². The molecule has 490 valence electrons. The molecule has 0 bridgehead atoms. The summed E-state index contributed by atoms with van der Waals surface area (Å²) in [4.78, 5) is 4.90. The highest BCUT2D eigenvalue weighted by Crippen LogP contribution is 2.56. The highest BCUT2D eigenvalue weighted by Gasteiger charge is 2.43. The third-order valence-electron chi connectivity index (χ3n) is 22.0. The zero-order valence-corrected chi connectivity index (χ0v) is 59.0. The number of benzene rings is 10. The molecule has 0 radical (unpaired) electrons. The summed E-state index contributed by atoms with van der Waals surface area (Å²) in [6.07, 6.45) is 27.4. The highest BCUT2D eigenvalue weighted by atomic mass is 15.1. The zero-order valence-electron chi connectivity index (χ0n) is 59.0. The van der Waals surface area contributed by atoms with Crippen molar-refractivity contribution in [1.29, 1.82) is 0 Å². The van der Waals surface area contributed by atoms with Gasteiger partial charge in [0.25, 0.3) is 0 Å². The fraction of sp³-hybridized carbons (Fsp3) is 0.355. The minimum atomic E-state index is -0.0926. The van der Waals surface area contributed by atoms with E-state index in [1.165, 1.54) is 218 Å². The average molecular weight is 1250 g/mol. The van der Waals surface area contributed by atoms with Gasteiger partial charge in [-0.05, 0) is 212 Å². The van der Waals surface area contributed by atoms with Crippen LogP contribution in [0.5, 0.6) is 0 Å². The Bertz CT molecular complexity index is 3690. The lowest BCUT2D eigenvalue weighted by molar-refractivity contribution is 0.398. The maximum absolute atomic E-state index is 2.64. The van der Waals surface area contributed by atoms with Gasteiger partial charge >= 0.3 is 0 Å². The molecule has 0 aliphatic heterocycles. The lowest BCUT2D eigenvalue weighted by Gasteiger charge is -2.33. The van der Waals surface area contributed by atoms with Gasteiger partial charge in [0, 0.05) is 39.5 Å². The molecule has 10 aromatic rings. The lowest BCUT2D eigenvalue weighted by atomic mass is 9.70. The van der Waals surface area contributed by atoms with Gasteiger partial charge in [-0.15, -0.1) is 0 Å². The molecule has 1 aliphatic carbocycles. The van der Waals surface area contributed by atoms with Gasteiger partial charge in [0.1, 0.15) is 0 Å².